The first-order valence-electron chi connectivity index (χ1n) is 8.50. The van der Waals surface area contributed by atoms with E-state index < -0.39 is 11.6 Å². The van der Waals surface area contributed by atoms with Crippen LogP contribution in [-0.4, -0.2) is 13.3 Å². The predicted octanol–water partition coefficient (Wildman–Crippen LogP) is 5.94. The number of halogens is 3. The molecule has 0 N–H and O–H groups in total. The second kappa shape index (κ2) is 8.99. The van der Waals surface area contributed by atoms with Gasteiger partial charge >= 0.3 is 0 Å². The van der Waals surface area contributed by atoms with Crippen molar-refractivity contribution >= 4 is 0 Å². The molecule has 0 radical (unpaired) electrons. The zero-order valence-electron chi connectivity index (χ0n) is 13.7. The van der Waals surface area contributed by atoms with Gasteiger partial charge in [-0.15, -0.1) is 0 Å². The van der Waals surface area contributed by atoms with Crippen LogP contribution in [0.2, 0.25) is 0 Å². The Morgan fingerprint density at radius 1 is 1.13 bits per heavy atom. The molecule has 0 unspecified atom stereocenters. The molecular weight excluding hydrogens is 301 g/mol. The van der Waals surface area contributed by atoms with Gasteiger partial charge in [0.15, 0.2) is 11.6 Å². The molecule has 0 bridgehead atoms. The standard InChI is InChI=1S/C19H25F3O/c1-2-23-17-12-11-16(18(21)19(17)22)15-9-7-14(8-10-15)6-4-3-5-13-20/h4,6,11-12,14-15H,2-3,5,7-10,13H2,1H3. The van der Waals surface area contributed by atoms with Crippen LogP contribution in [0.15, 0.2) is 24.3 Å². The molecule has 4 heteroatoms. The minimum Gasteiger partial charge on any atom is -0.491 e. The quantitative estimate of drug-likeness (QED) is 0.445. The lowest BCUT2D eigenvalue weighted by Gasteiger charge is -2.27. The van der Waals surface area contributed by atoms with E-state index in [2.05, 4.69) is 6.08 Å². The van der Waals surface area contributed by atoms with E-state index in [1.807, 2.05) is 6.08 Å². The van der Waals surface area contributed by atoms with Crippen LogP contribution in [0.3, 0.4) is 0 Å². The molecule has 128 valence electrons. The van der Waals surface area contributed by atoms with Crippen LogP contribution in [0.5, 0.6) is 5.75 Å². The van der Waals surface area contributed by atoms with Gasteiger partial charge in [0, 0.05) is 0 Å². The summed E-state index contributed by atoms with van der Waals surface area (Å²) >= 11 is 0. The van der Waals surface area contributed by atoms with Crippen molar-refractivity contribution in [2.45, 2.75) is 51.4 Å². The monoisotopic (exact) mass is 326 g/mol. The molecule has 1 saturated carbocycles. The number of alkyl halides is 1. The fourth-order valence-electron chi connectivity index (χ4n) is 3.24. The van der Waals surface area contributed by atoms with Crippen molar-refractivity contribution in [2.24, 2.45) is 5.92 Å². The van der Waals surface area contributed by atoms with Gasteiger partial charge in [-0.2, -0.15) is 4.39 Å². The minimum absolute atomic E-state index is 0.0155. The number of benzene rings is 1. The number of rotatable bonds is 7. The Labute approximate surface area is 136 Å². The molecule has 1 fully saturated rings. The third kappa shape index (κ3) is 4.76. The number of hydrogen-bond acceptors (Lipinski definition) is 1. The Kier molecular flexibility index (Phi) is 7.00. The SMILES string of the molecule is CCOc1ccc(C2CCC(C=CCCCF)CC2)c(F)c1F. The molecule has 1 aliphatic rings. The molecule has 23 heavy (non-hydrogen) atoms. The zero-order valence-corrected chi connectivity index (χ0v) is 13.7. The maximum absolute atomic E-state index is 14.3. The highest BCUT2D eigenvalue weighted by Crippen LogP contribution is 2.39. The van der Waals surface area contributed by atoms with Crippen molar-refractivity contribution < 1.29 is 17.9 Å². The molecule has 2 rings (SSSR count). The fraction of sp³-hybridized carbons (Fsp3) is 0.579. The van der Waals surface area contributed by atoms with Crippen LogP contribution in [0.4, 0.5) is 13.2 Å². The molecule has 0 aromatic heterocycles. The van der Waals surface area contributed by atoms with Crippen molar-refractivity contribution in [1.29, 1.82) is 0 Å². The summed E-state index contributed by atoms with van der Waals surface area (Å²) in [5, 5.41) is 0. The van der Waals surface area contributed by atoms with Crippen LogP contribution in [-0.2, 0) is 0 Å². The Bertz CT molecular complexity index is 520. The molecular formula is C19H25F3O. The molecule has 0 spiro atoms. The summed E-state index contributed by atoms with van der Waals surface area (Å²) in [6.07, 6.45) is 9.17. The van der Waals surface area contributed by atoms with Crippen LogP contribution in [0, 0.1) is 17.6 Å². The number of unbranched alkanes of at least 4 members (excludes halogenated alkanes) is 1. The van der Waals surface area contributed by atoms with Crippen molar-refractivity contribution in [1.82, 2.24) is 0 Å². The van der Waals surface area contributed by atoms with Crippen molar-refractivity contribution in [3.05, 3.63) is 41.5 Å². The molecule has 0 aliphatic heterocycles. The Hall–Kier alpha value is -1.45. The van der Waals surface area contributed by atoms with Crippen LogP contribution < -0.4 is 4.74 Å². The minimum atomic E-state index is -0.877. The molecule has 0 heterocycles. The number of ether oxygens (including phenoxy) is 1. The maximum Gasteiger partial charge on any atom is 0.200 e. The molecule has 1 aliphatic carbocycles. The molecule has 0 atom stereocenters. The van der Waals surface area contributed by atoms with Gasteiger partial charge in [-0.3, -0.25) is 4.39 Å². The highest BCUT2D eigenvalue weighted by atomic mass is 19.2. The molecule has 1 aromatic rings. The van der Waals surface area contributed by atoms with Gasteiger partial charge < -0.3 is 4.74 Å². The molecule has 1 nitrogen and oxygen atoms in total. The molecule has 0 amide bonds. The largest absolute Gasteiger partial charge is 0.491 e. The van der Waals surface area contributed by atoms with Crippen LogP contribution in [0.25, 0.3) is 0 Å². The summed E-state index contributed by atoms with van der Waals surface area (Å²) in [4.78, 5) is 0. The molecule has 1 aromatic carbocycles. The predicted molar refractivity (Wildman–Crippen MR) is 86.6 cm³/mol. The first kappa shape index (κ1) is 17.9. The highest BCUT2D eigenvalue weighted by Gasteiger charge is 2.25. The van der Waals surface area contributed by atoms with Gasteiger partial charge in [0.1, 0.15) is 0 Å². The van der Waals surface area contributed by atoms with E-state index in [-0.39, 0.29) is 18.3 Å². The van der Waals surface area contributed by atoms with E-state index in [4.69, 9.17) is 4.74 Å². The summed E-state index contributed by atoms with van der Waals surface area (Å²) in [5.41, 5.74) is 0.464. The summed E-state index contributed by atoms with van der Waals surface area (Å²) in [5.74, 6) is -1.12. The van der Waals surface area contributed by atoms with Crippen LogP contribution >= 0.6 is 0 Å². The van der Waals surface area contributed by atoms with Crippen molar-refractivity contribution in [3.8, 4) is 5.75 Å². The van der Waals surface area contributed by atoms with Crippen molar-refractivity contribution in [2.75, 3.05) is 13.3 Å². The van der Waals surface area contributed by atoms with Crippen molar-refractivity contribution in [3.63, 3.8) is 0 Å². The smallest absolute Gasteiger partial charge is 0.200 e. The third-order valence-corrected chi connectivity index (χ3v) is 4.50. The summed E-state index contributed by atoms with van der Waals surface area (Å²) in [6, 6.07) is 3.19. The topological polar surface area (TPSA) is 9.23 Å². The van der Waals surface area contributed by atoms with Crippen LogP contribution in [0.1, 0.15) is 56.9 Å². The Balaban J connectivity index is 1.95. The van der Waals surface area contributed by atoms with Gasteiger partial charge in [0.25, 0.3) is 0 Å². The van der Waals surface area contributed by atoms with Gasteiger partial charge in [-0.25, -0.2) is 4.39 Å². The second-order valence-electron chi connectivity index (χ2n) is 6.08. The summed E-state index contributed by atoms with van der Waals surface area (Å²) < 4.78 is 45.4. The lowest BCUT2D eigenvalue weighted by atomic mass is 9.78. The Morgan fingerprint density at radius 2 is 1.87 bits per heavy atom. The van der Waals surface area contributed by atoms with Gasteiger partial charge in [0.05, 0.1) is 13.3 Å². The van der Waals surface area contributed by atoms with E-state index in [1.54, 1.807) is 13.0 Å². The van der Waals surface area contributed by atoms with E-state index in [9.17, 15) is 13.2 Å². The maximum atomic E-state index is 14.3. The average Bonchev–Trinajstić information content (AvgIpc) is 2.57. The van der Waals surface area contributed by atoms with Gasteiger partial charge in [0.2, 0.25) is 5.82 Å². The van der Waals surface area contributed by atoms with E-state index in [1.165, 1.54) is 6.07 Å². The first-order chi connectivity index (χ1) is 11.2. The molecule has 0 saturated heterocycles. The first-order valence-corrected chi connectivity index (χ1v) is 8.50. The third-order valence-electron chi connectivity index (χ3n) is 4.50. The fourth-order valence-corrected chi connectivity index (χ4v) is 3.24. The van der Waals surface area contributed by atoms with E-state index in [0.717, 1.165) is 32.1 Å². The Morgan fingerprint density at radius 3 is 2.52 bits per heavy atom. The average molecular weight is 326 g/mol. The van der Waals surface area contributed by atoms with E-state index in [0.29, 0.717) is 24.5 Å². The second-order valence-corrected chi connectivity index (χ2v) is 6.08. The zero-order chi connectivity index (χ0) is 16.7. The summed E-state index contributed by atoms with van der Waals surface area (Å²) in [7, 11) is 0. The number of allylic oxidation sites excluding steroid dienone is 2. The number of hydrogen-bond donors (Lipinski definition) is 0. The highest BCUT2D eigenvalue weighted by molar-refractivity contribution is 5.33. The normalized spacial score (nSPS) is 21.7. The van der Waals surface area contributed by atoms with Gasteiger partial charge in [-0.1, -0.05) is 18.2 Å². The summed E-state index contributed by atoms with van der Waals surface area (Å²) in [6.45, 7) is 1.78. The lowest BCUT2D eigenvalue weighted by molar-refractivity contribution is 0.310. The van der Waals surface area contributed by atoms with E-state index >= 15 is 0 Å². The lowest BCUT2D eigenvalue weighted by Crippen LogP contribution is -2.14. The van der Waals surface area contributed by atoms with Gasteiger partial charge in [-0.05, 0) is 68.9 Å².